The molecule has 0 fully saturated rings. The van der Waals surface area contributed by atoms with Gasteiger partial charge >= 0.3 is 0 Å². The molecule has 0 saturated heterocycles. The minimum absolute atomic E-state index is 0.0397. The summed E-state index contributed by atoms with van der Waals surface area (Å²) in [6.45, 7) is 1.89. The van der Waals surface area contributed by atoms with E-state index in [0.29, 0.717) is 0 Å². The Hall–Kier alpha value is -1.19. The number of rotatable bonds is 2. The number of nitrogens with zero attached hydrogens (tertiary/aromatic N) is 2. The van der Waals surface area contributed by atoms with Gasteiger partial charge in [0.2, 0.25) is 0 Å². The molecule has 4 nitrogen and oxygen atoms in total. The minimum Gasteiger partial charge on any atom is -0.548 e. The van der Waals surface area contributed by atoms with E-state index < -0.39 is 5.97 Å². The molecule has 4 heteroatoms. The van der Waals surface area contributed by atoms with E-state index >= 15 is 0 Å². The SMILES string of the molecule is CC1N(C)C=CN1CC(=O)[O-]. The highest BCUT2D eigenvalue weighted by molar-refractivity contribution is 5.66. The first-order valence-corrected chi connectivity index (χ1v) is 3.47. The average Bonchev–Trinajstić information content (AvgIpc) is 2.18. The summed E-state index contributed by atoms with van der Waals surface area (Å²) in [7, 11) is 1.90. The van der Waals surface area contributed by atoms with Crippen molar-refractivity contribution in [3.63, 3.8) is 0 Å². The molecule has 1 heterocycles. The van der Waals surface area contributed by atoms with Crippen LogP contribution in [0.5, 0.6) is 0 Å². The molecule has 0 bridgehead atoms. The van der Waals surface area contributed by atoms with Crippen LogP contribution in [-0.2, 0) is 4.79 Å². The second kappa shape index (κ2) is 2.82. The second-order valence-electron chi connectivity index (χ2n) is 2.64. The molecule has 11 heavy (non-hydrogen) atoms. The summed E-state index contributed by atoms with van der Waals surface area (Å²) < 4.78 is 0. The van der Waals surface area contributed by atoms with Gasteiger partial charge in [-0.2, -0.15) is 0 Å². The van der Waals surface area contributed by atoms with Gasteiger partial charge in [0.1, 0.15) is 0 Å². The smallest absolute Gasteiger partial charge is 0.0978 e. The standard InChI is InChI=1S/C7H12N2O2/c1-6-8(2)3-4-9(6)5-7(10)11/h3-4,6H,5H2,1-2H3,(H,10,11)/p-1. The Morgan fingerprint density at radius 3 is 2.64 bits per heavy atom. The lowest BCUT2D eigenvalue weighted by molar-refractivity contribution is -0.306. The van der Waals surface area contributed by atoms with Crippen molar-refractivity contribution in [2.24, 2.45) is 0 Å². The monoisotopic (exact) mass is 155 g/mol. The molecule has 0 aromatic rings. The number of carboxylic acids is 1. The van der Waals surface area contributed by atoms with Gasteiger partial charge in [-0.15, -0.1) is 0 Å². The average molecular weight is 155 g/mol. The minimum atomic E-state index is -1.04. The van der Waals surface area contributed by atoms with Crippen LogP contribution in [0.4, 0.5) is 0 Å². The fourth-order valence-corrected chi connectivity index (χ4v) is 1.01. The highest BCUT2D eigenvalue weighted by Crippen LogP contribution is 2.11. The molecule has 1 unspecified atom stereocenters. The maximum atomic E-state index is 10.2. The quantitative estimate of drug-likeness (QED) is 0.502. The predicted molar refractivity (Wildman–Crippen MR) is 38.1 cm³/mol. The lowest BCUT2D eigenvalue weighted by Gasteiger charge is -2.27. The molecule has 0 saturated carbocycles. The molecule has 1 aliphatic heterocycles. The van der Waals surface area contributed by atoms with Gasteiger partial charge in [0.15, 0.2) is 0 Å². The van der Waals surface area contributed by atoms with Crippen molar-refractivity contribution in [3.8, 4) is 0 Å². The Bertz CT molecular complexity index is 191. The Labute approximate surface area is 65.7 Å². The van der Waals surface area contributed by atoms with Crippen LogP contribution < -0.4 is 5.11 Å². The molecule has 0 aliphatic carbocycles. The first-order valence-electron chi connectivity index (χ1n) is 3.47. The summed E-state index contributed by atoms with van der Waals surface area (Å²) in [6, 6.07) is 0. The van der Waals surface area contributed by atoms with Gasteiger partial charge in [-0.25, -0.2) is 0 Å². The van der Waals surface area contributed by atoms with Crippen LogP contribution in [0.1, 0.15) is 6.92 Å². The van der Waals surface area contributed by atoms with Crippen molar-refractivity contribution in [2.45, 2.75) is 13.1 Å². The highest BCUT2D eigenvalue weighted by atomic mass is 16.4. The molecular formula is C7H11N2O2-. The third kappa shape index (κ3) is 1.63. The number of aliphatic carboxylic acids is 1. The summed E-state index contributed by atoms with van der Waals surface area (Å²) in [5, 5.41) is 10.2. The Morgan fingerprint density at radius 2 is 2.27 bits per heavy atom. The third-order valence-electron chi connectivity index (χ3n) is 1.87. The van der Waals surface area contributed by atoms with E-state index in [9.17, 15) is 9.90 Å². The number of carboxylic acid groups (broad SMARTS) is 1. The normalized spacial score (nSPS) is 22.9. The molecule has 0 aromatic carbocycles. The van der Waals surface area contributed by atoms with E-state index in [1.807, 2.05) is 25.1 Å². The summed E-state index contributed by atoms with van der Waals surface area (Å²) >= 11 is 0. The zero-order valence-corrected chi connectivity index (χ0v) is 6.65. The molecule has 0 amide bonds. The lowest BCUT2D eigenvalue weighted by Crippen LogP contribution is -2.41. The van der Waals surface area contributed by atoms with Crippen molar-refractivity contribution in [2.75, 3.05) is 13.6 Å². The zero-order valence-electron chi connectivity index (χ0n) is 6.65. The van der Waals surface area contributed by atoms with E-state index in [1.165, 1.54) is 0 Å². The van der Waals surface area contributed by atoms with Crippen molar-refractivity contribution < 1.29 is 9.90 Å². The Balaban J connectivity index is 2.49. The summed E-state index contributed by atoms with van der Waals surface area (Å²) in [4.78, 5) is 13.8. The Morgan fingerprint density at radius 1 is 1.64 bits per heavy atom. The molecule has 1 aliphatic rings. The van der Waals surface area contributed by atoms with Crippen LogP contribution in [0.2, 0.25) is 0 Å². The number of carbonyl (C=O) groups is 1. The fraction of sp³-hybridized carbons (Fsp3) is 0.571. The molecule has 0 radical (unpaired) electrons. The molecule has 0 aromatic heterocycles. The van der Waals surface area contributed by atoms with E-state index in [4.69, 9.17) is 0 Å². The highest BCUT2D eigenvalue weighted by Gasteiger charge is 2.17. The van der Waals surface area contributed by atoms with Crippen LogP contribution >= 0.6 is 0 Å². The van der Waals surface area contributed by atoms with Gasteiger partial charge in [0, 0.05) is 19.4 Å². The van der Waals surface area contributed by atoms with Gasteiger partial charge in [-0.05, 0) is 6.92 Å². The number of carbonyl (C=O) groups excluding carboxylic acids is 1. The largest absolute Gasteiger partial charge is 0.548 e. The van der Waals surface area contributed by atoms with Crippen LogP contribution in [0, 0.1) is 0 Å². The van der Waals surface area contributed by atoms with Gasteiger partial charge < -0.3 is 19.7 Å². The number of hydrogen-bond acceptors (Lipinski definition) is 4. The number of hydrogen-bond donors (Lipinski definition) is 0. The van der Waals surface area contributed by atoms with Crippen molar-refractivity contribution >= 4 is 5.97 Å². The van der Waals surface area contributed by atoms with Gasteiger partial charge in [-0.3, -0.25) is 0 Å². The van der Waals surface area contributed by atoms with Gasteiger partial charge in [-0.1, -0.05) is 0 Å². The van der Waals surface area contributed by atoms with Crippen LogP contribution in [-0.4, -0.2) is 35.5 Å². The van der Waals surface area contributed by atoms with Gasteiger partial charge in [0.05, 0.1) is 18.7 Å². The van der Waals surface area contributed by atoms with E-state index in [1.54, 1.807) is 11.1 Å². The van der Waals surface area contributed by atoms with Crippen molar-refractivity contribution in [1.82, 2.24) is 9.80 Å². The fourth-order valence-electron chi connectivity index (χ4n) is 1.01. The van der Waals surface area contributed by atoms with Crippen molar-refractivity contribution in [3.05, 3.63) is 12.4 Å². The maximum absolute atomic E-state index is 10.2. The molecular weight excluding hydrogens is 144 g/mol. The first-order chi connectivity index (χ1) is 5.11. The van der Waals surface area contributed by atoms with E-state index in [2.05, 4.69) is 0 Å². The van der Waals surface area contributed by atoms with Crippen LogP contribution in [0.15, 0.2) is 12.4 Å². The maximum Gasteiger partial charge on any atom is 0.0978 e. The van der Waals surface area contributed by atoms with E-state index in [-0.39, 0.29) is 12.7 Å². The van der Waals surface area contributed by atoms with E-state index in [0.717, 1.165) is 0 Å². The Kier molecular flexibility index (Phi) is 2.03. The summed E-state index contributed by atoms with van der Waals surface area (Å²) in [5.41, 5.74) is 0. The molecule has 1 rings (SSSR count). The molecule has 62 valence electrons. The first kappa shape index (κ1) is 7.91. The van der Waals surface area contributed by atoms with Gasteiger partial charge in [0.25, 0.3) is 0 Å². The second-order valence-corrected chi connectivity index (χ2v) is 2.64. The summed E-state index contributed by atoms with van der Waals surface area (Å²) in [6.07, 6.45) is 3.71. The third-order valence-corrected chi connectivity index (χ3v) is 1.87. The summed E-state index contributed by atoms with van der Waals surface area (Å²) in [5.74, 6) is -1.04. The zero-order chi connectivity index (χ0) is 8.43. The van der Waals surface area contributed by atoms with Crippen LogP contribution in [0.25, 0.3) is 0 Å². The topological polar surface area (TPSA) is 46.6 Å². The molecule has 0 spiro atoms. The molecule has 1 atom stereocenters. The lowest BCUT2D eigenvalue weighted by atomic mass is 10.4. The van der Waals surface area contributed by atoms with Crippen LogP contribution in [0.3, 0.4) is 0 Å². The van der Waals surface area contributed by atoms with Crippen molar-refractivity contribution in [1.29, 1.82) is 0 Å². The molecule has 0 N–H and O–H groups in total. The predicted octanol–water partition coefficient (Wildman–Crippen LogP) is -1.20.